The lowest BCUT2D eigenvalue weighted by atomic mass is 10.1. The van der Waals surface area contributed by atoms with Crippen LogP contribution in [-0.2, 0) is 4.74 Å². The predicted octanol–water partition coefficient (Wildman–Crippen LogP) is 2.57. The molecular formula is C15H29NO2S. The van der Waals surface area contributed by atoms with Gasteiger partial charge in [0.2, 0.25) is 0 Å². The maximum atomic E-state index is 9.95. The Morgan fingerprint density at radius 1 is 1.26 bits per heavy atom. The molecule has 0 amide bonds. The monoisotopic (exact) mass is 287 g/mol. The van der Waals surface area contributed by atoms with E-state index in [9.17, 15) is 5.11 Å². The van der Waals surface area contributed by atoms with Gasteiger partial charge in [-0.3, -0.25) is 0 Å². The van der Waals surface area contributed by atoms with E-state index in [-0.39, 0.29) is 6.10 Å². The van der Waals surface area contributed by atoms with Crippen molar-refractivity contribution in [3.05, 3.63) is 0 Å². The lowest BCUT2D eigenvalue weighted by molar-refractivity contribution is -0.00549. The molecule has 0 radical (unpaired) electrons. The summed E-state index contributed by atoms with van der Waals surface area (Å²) in [5, 5.41) is 13.4. The van der Waals surface area contributed by atoms with Crippen LogP contribution in [-0.4, -0.2) is 48.0 Å². The molecule has 2 rings (SSSR count). The van der Waals surface area contributed by atoms with Gasteiger partial charge < -0.3 is 15.2 Å². The zero-order chi connectivity index (χ0) is 13.6. The number of thioether (sulfide) groups is 1. The van der Waals surface area contributed by atoms with E-state index >= 15 is 0 Å². The van der Waals surface area contributed by atoms with E-state index in [0.717, 1.165) is 6.54 Å². The minimum Gasteiger partial charge on any atom is -0.389 e. The highest BCUT2D eigenvalue weighted by molar-refractivity contribution is 8.00. The van der Waals surface area contributed by atoms with E-state index in [1.807, 2.05) is 11.8 Å². The number of rotatable bonds is 8. The highest BCUT2D eigenvalue weighted by Gasteiger charge is 2.32. The van der Waals surface area contributed by atoms with Gasteiger partial charge in [0.25, 0.3) is 0 Å². The fraction of sp³-hybridized carbons (Fsp3) is 1.00. The summed E-state index contributed by atoms with van der Waals surface area (Å²) in [7, 11) is 0. The number of hydrogen-bond acceptors (Lipinski definition) is 4. The second-order valence-electron chi connectivity index (χ2n) is 6.12. The fourth-order valence-electron chi connectivity index (χ4n) is 3.30. The summed E-state index contributed by atoms with van der Waals surface area (Å²) in [6.07, 6.45) is 12.5. The lowest BCUT2D eigenvalue weighted by Crippen LogP contribution is -2.40. The first-order valence-corrected chi connectivity index (χ1v) is 9.02. The van der Waals surface area contributed by atoms with Gasteiger partial charge in [-0.25, -0.2) is 0 Å². The molecule has 4 heteroatoms. The molecule has 0 bridgehead atoms. The van der Waals surface area contributed by atoms with Gasteiger partial charge in [-0.15, -0.1) is 0 Å². The molecule has 19 heavy (non-hydrogen) atoms. The van der Waals surface area contributed by atoms with Crippen LogP contribution in [0.4, 0.5) is 0 Å². The largest absolute Gasteiger partial charge is 0.389 e. The predicted molar refractivity (Wildman–Crippen MR) is 81.8 cm³/mol. The normalized spacial score (nSPS) is 24.9. The number of aliphatic hydroxyl groups is 1. The van der Waals surface area contributed by atoms with E-state index in [4.69, 9.17) is 4.74 Å². The highest BCUT2D eigenvalue weighted by atomic mass is 32.2. The number of nitrogens with one attached hydrogen (secondary N) is 1. The van der Waals surface area contributed by atoms with Crippen molar-refractivity contribution >= 4 is 11.8 Å². The van der Waals surface area contributed by atoms with Gasteiger partial charge in [0.15, 0.2) is 0 Å². The minimum absolute atomic E-state index is 0.360. The molecule has 2 saturated carbocycles. The van der Waals surface area contributed by atoms with Crippen LogP contribution in [0.15, 0.2) is 0 Å². The molecule has 0 aliphatic heterocycles. The summed E-state index contributed by atoms with van der Waals surface area (Å²) in [4.78, 5) is 0. The first-order valence-electron chi connectivity index (χ1n) is 7.80. The number of aliphatic hydroxyl groups excluding tert-OH is 1. The second-order valence-corrected chi connectivity index (χ2v) is 7.39. The fourth-order valence-corrected chi connectivity index (χ4v) is 4.24. The van der Waals surface area contributed by atoms with E-state index in [1.165, 1.54) is 51.4 Å². The van der Waals surface area contributed by atoms with Gasteiger partial charge in [0.1, 0.15) is 0 Å². The topological polar surface area (TPSA) is 41.5 Å². The van der Waals surface area contributed by atoms with Crippen molar-refractivity contribution in [2.75, 3.05) is 26.0 Å². The SMILES string of the molecule is CSC1(CNCC(O)COC2CCCC2)CCCC1. The van der Waals surface area contributed by atoms with Crippen molar-refractivity contribution in [3.63, 3.8) is 0 Å². The lowest BCUT2D eigenvalue weighted by Gasteiger charge is -2.27. The van der Waals surface area contributed by atoms with Crippen molar-refractivity contribution in [2.24, 2.45) is 0 Å². The molecule has 0 aromatic rings. The van der Waals surface area contributed by atoms with Crippen LogP contribution in [0.5, 0.6) is 0 Å². The summed E-state index contributed by atoms with van der Waals surface area (Å²) < 4.78 is 6.17. The van der Waals surface area contributed by atoms with Crippen LogP contribution < -0.4 is 5.32 Å². The molecule has 2 aliphatic carbocycles. The van der Waals surface area contributed by atoms with E-state index in [0.29, 0.717) is 24.0 Å². The molecule has 2 aliphatic rings. The molecule has 0 aromatic carbocycles. The van der Waals surface area contributed by atoms with Crippen LogP contribution in [0, 0.1) is 0 Å². The molecule has 0 spiro atoms. The van der Waals surface area contributed by atoms with Gasteiger partial charge >= 0.3 is 0 Å². The molecule has 2 N–H and O–H groups in total. The molecule has 3 nitrogen and oxygen atoms in total. The van der Waals surface area contributed by atoms with Gasteiger partial charge in [0, 0.05) is 17.8 Å². The third-order valence-corrected chi connectivity index (χ3v) is 6.02. The van der Waals surface area contributed by atoms with Crippen molar-refractivity contribution in [1.29, 1.82) is 0 Å². The first-order chi connectivity index (χ1) is 9.24. The molecule has 112 valence electrons. The molecule has 0 saturated heterocycles. The molecular weight excluding hydrogens is 258 g/mol. The maximum absolute atomic E-state index is 9.95. The average Bonchev–Trinajstić information content (AvgIpc) is 3.08. The van der Waals surface area contributed by atoms with Crippen LogP contribution >= 0.6 is 11.8 Å². The number of ether oxygens (including phenoxy) is 1. The van der Waals surface area contributed by atoms with Crippen molar-refractivity contribution in [1.82, 2.24) is 5.32 Å². The Labute approximate surface area is 121 Å². The van der Waals surface area contributed by atoms with E-state index < -0.39 is 0 Å². The third-order valence-electron chi connectivity index (χ3n) is 4.60. The zero-order valence-corrected chi connectivity index (χ0v) is 13.0. The van der Waals surface area contributed by atoms with E-state index in [1.54, 1.807) is 0 Å². The van der Waals surface area contributed by atoms with Crippen LogP contribution in [0.1, 0.15) is 51.4 Å². The summed E-state index contributed by atoms with van der Waals surface area (Å²) in [6.45, 7) is 2.17. The van der Waals surface area contributed by atoms with Gasteiger partial charge in [-0.05, 0) is 31.9 Å². The Kier molecular flexibility index (Phi) is 6.46. The Hall–Kier alpha value is 0.230. The van der Waals surface area contributed by atoms with Crippen molar-refractivity contribution in [2.45, 2.75) is 68.3 Å². The Morgan fingerprint density at radius 2 is 1.95 bits per heavy atom. The molecule has 0 aromatic heterocycles. The summed E-state index contributed by atoms with van der Waals surface area (Å²) in [5.41, 5.74) is 0. The van der Waals surface area contributed by atoms with Gasteiger partial charge in [-0.1, -0.05) is 25.7 Å². The van der Waals surface area contributed by atoms with Gasteiger partial charge in [0.05, 0.1) is 18.8 Å². The van der Waals surface area contributed by atoms with Crippen LogP contribution in [0.25, 0.3) is 0 Å². The molecule has 1 atom stereocenters. The average molecular weight is 287 g/mol. The van der Waals surface area contributed by atoms with Crippen LogP contribution in [0.3, 0.4) is 0 Å². The second kappa shape index (κ2) is 7.87. The van der Waals surface area contributed by atoms with Crippen molar-refractivity contribution in [3.8, 4) is 0 Å². The maximum Gasteiger partial charge on any atom is 0.0897 e. The number of hydrogen-bond donors (Lipinski definition) is 2. The third kappa shape index (κ3) is 4.92. The van der Waals surface area contributed by atoms with E-state index in [2.05, 4.69) is 11.6 Å². The first kappa shape index (κ1) is 15.6. The summed E-state index contributed by atoms with van der Waals surface area (Å²) in [6, 6.07) is 0. The highest BCUT2D eigenvalue weighted by Crippen LogP contribution is 2.39. The smallest absolute Gasteiger partial charge is 0.0897 e. The zero-order valence-electron chi connectivity index (χ0n) is 12.2. The minimum atomic E-state index is -0.360. The summed E-state index contributed by atoms with van der Waals surface area (Å²) in [5.74, 6) is 0. The Bertz CT molecular complexity index is 251. The van der Waals surface area contributed by atoms with Crippen molar-refractivity contribution < 1.29 is 9.84 Å². The Morgan fingerprint density at radius 3 is 2.58 bits per heavy atom. The molecule has 2 fully saturated rings. The Balaban J connectivity index is 1.56. The standard InChI is InChI=1S/C15H29NO2S/c1-19-15(8-4-5-9-15)12-16-10-13(17)11-18-14-6-2-3-7-14/h13-14,16-17H,2-12H2,1H3. The van der Waals surface area contributed by atoms with Gasteiger partial charge in [-0.2, -0.15) is 11.8 Å². The molecule has 0 heterocycles. The quantitative estimate of drug-likeness (QED) is 0.720. The summed E-state index contributed by atoms with van der Waals surface area (Å²) >= 11 is 1.99. The molecule has 1 unspecified atom stereocenters. The van der Waals surface area contributed by atoms with Crippen LogP contribution in [0.2, 0.25) is 0 Å².